The third-order valence-corrected chi connectivity index (χ3v) is 3.40. The van der Waals surface area contributed by atoms with Crippen molar-refractivity contribution in [2.75, 3.05) is 6.54 Å². The van der Waals surface area contributed by atoms with Gasteiger partial charge in [-0.2, -0.15) is 0 Å². The van der Waals surface area contributed by atoms with E-state index in [2.05, 4.69) is 16.9 Å². The molecule has 0 aliphatic carbocycles. The Kier molecular flexibility index (Phi) is 5.52. The molecule has 0 bridgehead atoms. The molecule has 4 heteroatoms. The summed E-state index contributed by atoms with van der Waals surface area (Å²) in [6, 6.07) is 13.0. The van der Waals surface area contributed by atoms with Gasteiger partial charge in [0.1, 0.15) is 0 Å². The highest BCUT2D eigenvalue weighted by atomic mass is 35.5. The molecule has 1 unspecified atom stereocenters. The van der Waals surface area contributed by atoms with Gasteiger partial charge in [0.25, 0.3) is 0 Å². The van der Waals surface area contributed by atoms with Gasteiger partial charge in [0.05, 0.1) is 5.92 Å². The van der Waals surface area contributed by atoms with Crippen LogP contribution < -0.4 is 5.32 Å². The fourth-order valence-corrected chi connectivity index (χ4v) is 2.21. The van der Waals surface area contributed by atoms with Crippen LogP contribution in [0.25, 0.3) is 0 Å². The van der Waals surface area contributed by atoms with Crippen LogP contribution >= 0.6 is 11.6 Å². The number of carbonyl (C=O) groups excluding carboxylic acids is 1. The highest BCUT2D eigenvalue weighted by Crippen LogP contribution is 2.22. The summed E-state index contributed by atoms with van der Waals surface area (Å²) in [6.07, 6.45) is 3.94. The summed E-state index contributed by atoms with van der Waals surface area (Å²) in [5.41, 5.74) is 1.80. The van der Waals surface area contributed by atoms with Gasteiger partial charge in [0, 0.05) is 29.9 Å². The highest BCUT2D eigenvalue weighted by Gasteiger charge is 2.21. The predicted octanol–water partition coefficient (Wildman–Crippen LogP) is 3.36. The number of aromatic nitrogens is 1. The summed E-state index contributed by atoms with van der Waals surface area (Å²) >= 11 is 5.91. The van der Waals surface area contributed by atoms with Crippen molar-refractivity contribution in [3.63, 3.8) is 0 Å². The third-order valence-electron chi connectivity index (χ3n) is 3.15. The Morgan fingerprint density at radius 2 is 2.05 bits per heavy atom. The first-order chi connectivity index (χ1) is 10.2. The van der Waals surface area contributed by atoms with Crippen LogP contribution in [-0.2, 0) is 11.2 Å². The first kappa shape index (κ1) is 15.3. The lowest BCUT2D eigenvalue weighted by molar-refractivity contribution is -0.122. The van der Waals surface area contributed by atoms with Crippen LogP contribution in [0.5, 0.6) is 0 Å². The summed E-state index contributed by atoms with van der Waals surface area (Å²) in [5.74, 6) is -0.333. The number of hydrogen-bond donors (Lipinski definition) is 1. The van der Waals surface area contributed by atoms with Gasteiger partial charge in [0.2, 0.25) is 5.91 Å². The predicted molar refractivity (Wildman–Crippen MR) is 85.3 cm³/mol. The van der Waals surface area contributed by atoms with Crippen LogP contribution in [0.3, 0.4) is 0 Å². The summed E-state index contributed by atoms with van der Waals surface area (Å²) in [6.45, 7) is 4.07. The molecule has 1 atom stereocenters. The van der Waals surface area contributed by atoms with Crippen molar-refractivity contribution in [2.45, 2.75) is 12.3 Å². The van der Waals surface area contributed by atoms with E-state index in [1.807, 2.05) is 30.3 Å². The van der Waals surface area contributed by atoms with Gasteiger partial charge in [-0.05, 0) is 29.8 Å². The molecule has 21 heavy (non-hydrogen) atoms. The second-order valence-electron chi connectivity index (χ2n) is 4.66. The monoisotopic (exact) mass is 300 g/mol. The fraction of sp³-hybridized carbons (Fsp3) is 0.176. The number of benzene rings is 1. The van der Waals surface area contributed by atoms with E-state index in [4.69, 9.17) is 11.6 Å². The molecule has 2 rings (SSSR count). The largest absolute Gasteiger partial charge is 0.352 e. The number of rotatable bonds is 6. The second kappa shape index (κ2) is 7.60. The van der Waals surface area contributed by atoms with Gasteiger partial charge in [-0.3, -0.25) is 9.78 Å². The molecule has 108 valence electrons. The zero-order valence-corrected chi connectivity index (χ0v) is 12.4. The Hall–Kier alpha value is -2.13. The molecule has 0 saturated carbocycles. The fourth-order valence-electron chi connectivity index (χ4n) is 2.08. The lowest BCUT2D eigenvalue weighted by atomic mass is 9.93. The number of nitrogens with one attached hydrogen (secondary N) is 1. The van der Waals surface area contributed by atoms with Gasteiger partial charge in [0.15, 0.2) is 0 Å². The van der Waals surface area contributed by atoms with Crippen LogP contribution in [0.1, 0.15) is 17.2 Å². The van der Waals surface area contributed by atoms with Crippen LogP contribution in [0.15, 0.2) is 61.3 Å². The molecule has 0 fully saturated rings. The molecule has 0 saturated heterocycles. The average Bonchev–Trinajstić information content (AvgIpc) is 2.52. The Bertz CT molecular complexity index is 596. The number of nitrogens with zero attached hydrogens (tertiary/aromatic N) is 1. The van der Waals surface area contributed by atoms with Crippen molar-refractivity contribution >= 4 is 17.5 Å². The SMILES string of the molecule is C=CCNC(=O)C(Cc1ccccn1)c1ccc(Cl)cc1. The molecule has 2 aromatic rings. The van der Waals surface area contributed by atoms with Crippen LogP contribution in [0.2, 0.25) is 5.02 Å². The maximum atomic E-state index is 12.4. The summed E-state index contributed by atoms with van der Waals surface area (Å²) < 4.78 is 0. The van der Waals surface area contributed by atoms with Gasteiger partial charge in [-0.25, -0.2) is 0 Å². The minimum atomic E-state index is -0.294. The van der Waals surface area contributed by atoms with Crippen molar-refractivity contribution in [3.05, 3.63) is 77.6 Å². The van der Waals surface area contributed by atoms with Crippen LogP contribution in [0, 0.1) is 0 Å². The maximum Gasteiger partial charge on any atom is 0.228 e. The zero-order valence-electron chi connectivity index (χ0n) is 11.6. The third kappa shape index (κ3) is 4.43. The quantitative estimate of drug-likeness (QED) is 0.831. The maximum absolute atomic E-state index is 12.4. The molecular formula is C17H17ClN2O. The van der Waals surface area contributed by atoms with E-state index in [9.17, 15) is 4.79 Å². The second-order valence-corrected chi connectivity index (χ2v) is 5.10. The lowest BCUT2D eigenvalue weighted by Gasteiger charge is -2.16. The molecule has 1 N–H and O–H groups in total. The summed E-state index contributed by atoms with van der Waals surface area (Å²) in [5, 5.41) is 3.50. The van der Waals surface area contributed by atoms with Crippen LogP contribution in [0.4, 0.5) is 0 Å². The molecule has 0 radical (unpaired) electrons. The number of amides is 1. The molecule has 1 amide bonds. The minimum absolute atomic E-state index is 0.0390. The zero-order chi connectivity index (χ0) is 15.1. The first-order valence-electron chi connectivity index (χ1n) is 6.74. The Morgan fingerprint density at radius 3 is 2.67 bits per heavy atom. The summed E-state index contributed by atoms with van der Waals surface area (Å²) in [4.78, 5) is 16.7. The number of pyridine rings is 1. The van der Waals surface area contributed by atoms with E-state index >= 15 is 0 Å². The molecule has 1 aromatic carbocycles. The molecular weight excluding hydrogens is 284 g/mol. The smallest absolute Gasteiger partial charge is 0.228 e. The summed E-state index contributed by atoms with van der Waals surface area (Å²) in [7, 11) is 0. The van der Waals surface area contributed by atoms with E-state index in [1.165, 1.54) is 0 Å². The van der Waals surface area contributed by atoms with E-state index in [-0.39, 0.29) is 11.8 Å². The first-order valence-corrected chi connectivity index (χ1v) is 7.12. The lowest BCUT2D eigenvalue weighted by Crippen LogP contribution is -2.30. The molecule has 1 heterocycles. The van der Waals surface area contributed by atoms with Crippen molar-refractivity contribution in [1.29, 1.82) is 0 Å². The van der Waals surface area contributed by atoms with Crippen molar-refractivity contribution in [1.82, 2.24) is 10.3 Å². The van der Waals surface area contributed by atoms with Crippen molar-refractivity contribution in [2.24, 2.45) is 0 Å². The Balaban J connectivity index is 2.23. The normalized spacial score (nSPS) is 11.7. The molecule has 0 aliphatic rings. The van der Waals surface area contributed by atoms with Crippen molar-refractivity contribution < 1.29 is 4.79 Å². The Labute approximate surface area is 129 Å². The van der Waals surface area contributed by atoms with E-state index in [0.717, 1.165) is 11.3 Å². The molecule has 1 aromatic heterocycles. The van der Waals surface area contributed by atoms with Gasteiger partial charge < -0.3 is 5.32 Å². The standard InChI is InChI=1S/C17H17ClN2O/c1-2-10-20-17(21)16(12-15-5-3-4-11-19-15)13-6-8-14(18)9-7-13/h2-9,11,16H,1,10,12H2,(H,20,21). The van der Waals surface area contributed by atoms with E-state index in [1.54, 1.807) is 24.4 Å². The molecule has 0 aliphatic heterocycles. The number of halogens is 1. The number of carbonyl (C=O) groups is 1. The Morgan fingerprint density at radius 1 is 1.29 bits per heavy atom. The van der Waals surface area contributed by atoms with Crippen molar-refractivity contribution in [3.8, 4) is 0 Å². The molecule has 3 nitrogen and oxygen atoms in total. The van der Waals surface area contributed by atoms with E-state index < -0.39 is 0 Å². The topological polar surface area (TPSA) is 42.0 Å². The van der Waals surface area contributed by atoms with Gasteiger partial charge in [-0.1, -0.05) is 35.9 Å². The molecule has 0 spiro atoms. The van der Waals surface area contributed by atoms with E-state index in [0.29, 0.717) is 18.0 Å². The number of hydrogen-bond acceptors (Lipinski definition) is 2. The van der Waals surface area contributed by atoms with Crippen LogP contribution in [-0.4, -0.2) is 17.4 Å². The van der Waals surface area contributed by atoms with Gasteiger partial charge in [-0.15, -0.1) is 6.58 Å². The average molecular weight is 301 g/mol. The van der Waals surface area contributed by atoms with Gasteiger partial charge >= 0.3 is 0 Å². The highest BCUT2D eigenvalue weighted by molar-refractivity contribution is 6.30. The minimum Gasteiger partial charge on any atom is -0.352 e.